The number of anilines is 1. The van der Waals surface area contributed by atoms with Crippen molar-refractivity contribution in [2.24, 2.45) is 0 Å². The summed E-state index contributed by atoms with van der Waals surface area (Å²) in [7, 11) is 3.30. The zero-order valence-electron chi connectivity index (χ0n) is 16.2. The smallest absolute Gasteiger partial charge is 0.335 e. The fourth-order valence-corrected chi connectivity index (χ4v) is 2.71. The van der Waals surface area contributed by atoms with Gasteiger partial charge in [-0.05, 0) is 43.2 Å². The van der Waals surface area contributed by atoms with E-state index in [1.165, 1.54) is 11.0 Å². The van der Waals surface area contributed by atoms with Gasteiger partial charge in [-0.15, -0.1) is 0 Å². The Balaban J connectivity index is 2.15. The number of benzene rings is 2. The molecule has 0 heterocycles. The predicted molar refractivity (Wildman–Crippen MR) is 106 cm³/mol. The summed E-state index contributed by atoms with van der Waals surface area (Å²) in [6.07, 6.45) is 0.385. The molecule has 0 aliphatic heterocycles. The van der Waals surface area contributed by atoms with E-state index in [0.29, 0.717) is 29.2 Å². The molecule has 0 bridgehead atoms. The number of aromatic carboxylic acids is 1. The van der Waals surface area contributed by atoms with Crippen molar-refractivity contribution in [3.63, 3.8) is 0 Å². The van der Waals surface area contributed by atoms with Crippen molar-refractivity contribution < 1.29 is 24.2 Å². The molecule has 2 rings (SSSR count). The first kappa shape index (κ1) is 21.0. The molecule has 0 aliphatic rings. The summed E-state index contributed by atoms with van der Waals surface area (Å²) in [6, 6.07) is 11.5. The van der Waals surface area contributed by atoms with Crippen LogP contribution >= 0.6 is 0 Å². The first-order valence-electron chi connectivity index (χ1n) is 8.93. The van der Waals surface area contributed by atoms with Gasteiger partial charge in [0.2, 0.25) is 5.91 Å². The van der Waals surface area contributed by atoms with Crippen LogP contribution in [0.2, 0.25) is 0 Å². The number of rotatable bonds is 8. The van der Waals surface area contributed by atoms with Crippen molar-refractivity contribution >= 4 is 23.5 Å². The van der Waals surface area contributed by atoms with E-state index in [1.807, 2.05) is 6.92 Å². The number of ether oxygens (including phenoxy) is 1. The van der Waals surface area contributed by atoms with E-state index in [-0.39, 0.29) is 30.2 Å². The lowest BCUT2D eigenvalue weighted by atomic mass is 10.0. The van der Waals surface area contributed by atoms with Crippen molar-refractivity contribution in [1.82, 2.24) is 4.90 Å². The molecular weight excluding hydrogens is 360 g/mol. The second kappa shape index (κ2) is 9.55. The van der Waals surface area contributed by atoms with E-state index < -0.39 is 5.97 Å². The maximum atomic E-state index is 12.4. The molecule has 7 nitrogen and oxygen atoms in total. The summed E-state index contributed by atoms with van der Waals surface area (Å²) in [6.45, 7) is 2.24. The largest absolute Gasteiger partial charge is 0.492 e. The van der Waals surface area contributed by atoms with Gasteiger partial charge in [0.25, 0.3) is 5.91 Å². The van der Waals surface area contributed by atoms with Crippen LogP contribution in [-0.2, 0) is 11.2 Å². The molecule has 148 valence electrons. The third-order valence-electron chi connectivity index (χ3n) is 4.08. The van der Waals surface area contributed by atoms with Crippen LogP contribution in [0.4, 0.5) is 5.69 Å². The summed E-state index contributed by atoms with van der Waals surface area (Å²) in [5.74, 6) is -1.04. The quantitative estimate of drug-likeness (QED) is 0.729. The maximum Gasteiger partial charge on any atom is 0.335 e. The van der Waals surface area contributed by atoms with Gasteiger partial charge < -0.3 is 20.1 Å². The summed E-state index contributed by atoms with van der Waals surface area (Å²) in [5, 5.41) is 12.0. The normalized spacial score (nSPS) is 10.2. The number of carboxylic acid groups (broad SMARTS) is 1. The molecule has 7 heteroatoms. The molecule has 0 aliphatic carbocycles. The Bertz CT molecular complexity index is 877. The Hall–Kier alpha value is -3.35. The summed E-state index contributed by atoms with van der Waals surface area (Å²) >= 11 is 0. The van der Waals surface area contributed by atoms with E-state index in [0.717, 1.165) is 0 Å². The highest BCUT2D eigenvalue weighted by atomic mass is 16.5. The molecule has 0 atom stereocenters. The highest BCUT2D eigenvalue weighted by Crippen LogP contribution is 2.27. The Morgan fingerprint density at radius 3 is 2.46 bits per heavy atom. The van der Waals surface area contributed by atoms with E-state index in [1.54, 1.807) is 50.5 Å². The zero-order chi connectivity index (χ0) is 20.7. The van der Waals surface area contributed by atoms with Crippen LogP contribution in [0.5, 0.6) is 5.75 Å². The number of hydrogen-bond acceptors (Lipinski definition) is 4. The van der Waals surface area contributed by atoms with Crippen molar-refractivity contribution in [3.05, 3.63) is 59.2 Å². The van der Waals surface area contributed by atoms with Gasteiger partial charge in [-0.1, -0.05) is 18.2 Å². The van der Waals surface area contributed by atoms with E-state index in [4.69, 9.17) is 4.74 Å². The molecule has 0 saturated heterocycles. The SMILES string of the molecule is CCOc1ccc(C(=O)N(C)C)cc1NC(=O)CCc1ccccc1C(=O)O. The number of nitrogens with one attached hydrogen (secondary N) is 1. The van der Waals surface area contributed by atoms with Crippen molar-refractivity contribution in [3.8, 4) is 5.75 Å². The Morgan fingerprint density at radius 2 is 1.82 bits per heavy atom. The first-order valence-corrected chi connectivity index (χ1v) is 8.93. The standard InChI is InChI=1S/C21H24N2O5/c1-4-28-18-11-9-15(20(25)23(2)3)13-17(18)22-19(24)12-10-14-7-5-6-8-16(14)21(26)27/h5-9,11,13H,4,10,12H2,1-3H3,(H,22,24)(H,26,27). The molecule has 0 fully saturated rings. The zero-order valence-corrected chi connectivity index (χ0v) is 16.2. The molecule has 28 heavy (non-hydrogen) atoms. The number of aryl methyl sites for hydroxylation is 1. The predicted octanol–water partition coefficient (Wildman–Crippen LogP) is 3.06. The van der Waals surface area contributed by atoms with Crippen molar-refractivity contribution in [2.75, 3.05) is 26.0 Å². The number of carbonyl (C=O) groups is 3. The Morgan fingerprint density at radius 1 is 1.11 bits per heavy atom. The monoisotopic (exact) mass is 384 g/mol. The molecule has 0 radical (unpaired) electrons. The van der Waals surface area contributed by atoms with Gasteiger partial charge >= 0.3 is 5.97 Å². The second-order valence-electron chi connectivity index (χ2n) is 6.35. The number of nitrogens with zero attached hydrogens (tertiary/aromatic N) is 1. The third kappa shape index (κ3) is 5.33. The van der Waals surface area contributed by atoms with Crippen LogP contribution < -0.4 is 10.1 Å². The fraction of sp³-hybridized carbons (Fsp3) is 0.286. The maximum absolute atomic E-state index is 12.4. The lowest BCUT2D eigenvalue weighted by Gasteiger charge is -2.15. The van der Waals surface area contributed by atoms with Gasteiger partial charge in [0.05, 0.1) is 17.9 Å². The number of hydrogen-bond donors (Lipinski definition) is 2. The molecular formula is C21H24N2O5. The van der Waals surface area contributed by atoms with Crippen LogP contribution in [0.3, 0.4) is 0 Å². The second-order valence-corrected chi connectivity index (χ2v) is 6.35. The molecule has 0 unspecified atom stereocenters. The number of amides is 2. The lowest BCUT2D eigenvalue weighted by molar-refractivity contribution is -0.116. The van der Waals surface area contributed by atoms with E-state index >= 15 is 0 Å². The van der Waals surface area contributed by atoms with Crippen LogP contribution in [0, 0.1) is 0 Å². The summed E-state index contributed by atoms with van der Waals surface area (Å²) < 4.78 is 5.53. The van der Waals surface area contributed by atoms with E-state index in [2.05, 4.69) is 5.32 Å². The van der Waals surface area contributed by atoms with Gasteiger partial charge in [0.15, 0.2) is 0 Å². The minimum absolute atomic E-state index is 0.0989. The molecule has 0 spiro atoms. The number of carboxylic acids is 1. The fourth-order valence-electron chi connectivity index (χ4n) is 2.71. The van der Waals surface area contributed by atoms with Gasteiger partial charge in [-0.25, -0.2) is 4.79 Å². The topological polar surface area (TPSA) is 95.9 Å². The molecule has 2 aromatic rings. The van der Waals surface area contributed by atoms with Crippen LogP contribution in [0.25, 0.3) is 0 Å². The average Bonchev–Trinajstić information content (AvgIpc) is 2.67. The van der Waals surface area contributed by atoms with Gasteiger partial charge in [-0.2, -0.15) is 0 Å². The summed E-state index contributed by atoms with van der Waals surface area (Å²) in [5.41, 5.74) is 1.61. The van der Waals surface area contributed by atoms with E-state index in [9.17, 15) is 19.5 Å². The Kier molecular flexibility index (Phi) is 7.14. The molecule has 2 aromatic carbocycles. The highest BCUT2D eigenvalue weighted by Gasteiger charge is 2.15. The molecule has 0 saturated carbocycles. The van der Waals surface area contributed by atoms with Crippen LogP contribution in [0.1, 0.15) is 39.6 Å². The third-order valence-corrected chi connectivity index (χ3v) is 4.08. The van der Waals surface area contributed by atoms with Crippen molar-refractivity contribution in [1.29, 1.82) is 0 Å². The lowest BCUT2D eigenvalue weighted by Crippen LogP contribution is -2.22. The molecule has 2 amide bonds. The summed E-state index contributed by atoms with van der Waals surface area (Å²) in [4.78, 5) is 37.3. The van der Waals surface area contributed by atoms with Gasteiger partial charge in [0, 0.05) is 26.1 Å². The van der Waals surface area contributed by atoms with Gasteiger partial charge in [-0.3, -0.25) is 9.59 Å². The minimum Gasteiger partial charge on any atom is -0.492 e. The molecule has 0 aromatic heterocycles. The molecule has 2 N–H and O–H groups in total. The minimum atomic E-state index is -1.02. The Labute approximate surface area is 163 Å². The van der Waals surface area contributed by atoms with Gasteiger partial charge in [0.1, 0.15) is 5.75 Å². The van der Waals surface area contributed by atoms with Crippen LogP contribution in [0.15, 0.2) is 42.5 Å². The van der Waals surface area contributed by atoms with Crippen LogP contribution in [-0.4, -0.2) is 48.5 Å². The highest BCUT2D eigenvalue weighted by molar-refractivity contribution is 5.98. The first-order chi connectivity index (χ1) is 13.3. The average molecular weight is 384 g/mol. The number of carbonyl (C=O) groups excluding carboxylic acids is 2. The van der Waals surface area contributed by atoms with Crippen molar-refractivity contribution in [2.45, 2.75) is 19.8 Å².